The van der Waals surface area contributed by atoms with Gasteiger partial charge in [0.15, 0.2) is 6.61 Å². The Balaban J connectivity index is 2.43. The first-order chi connectivity index (χ1) is 8.96. The third-order valence-corrected chi connectivity index (χ3v) is 2.34. The highest BCUT2D eigenvalue weighted by Gasteiger charge is 2.20. The van der Waals surface area contributed by atoms with Crippen LogP contribution in [0.5, 0.6) is 5.75 Å². The standard InChI is InChI=1S/C14H18N2O3/c1-14(2,10-18-3)16-13(17)9-19-12-6-4-11(8-15)5-7-12/h4-7H,9-10H2,1-3H3,(H,16,17). The van der Waals surface area contributed by atoms with E-state index in [0.717, 1.165) is 0 Å². The van der Waals surface area contributed by atoms with Gasteiger partial charge in [-0.25, -0.2) is 0 Å². The van der Waals surface area contributed by atoms with E-state index in [-0.39, 0.29) is 12.5 Å². The number of hydrogen-bond donors (Lipinski definition) is 1. The lowest BCUT2D eigenvalue weighted by atomic mass is 10.1. The summed E-state index contributed by atoms with van der Waals surface area (Å²) in [5, 5.41) is 11.5. The Hall–Kier alpha value is -2.06. The van der Waals surface area contributed by atoms with Crippen LogP contribution in [0.15, 0.2) is 24.3 Å². The average Bonchev–Trinajstić information content (AvgIpc) is 2.36. The number of amides is 1. The van der Waals surface area contributed by atoms with Gasteiger partial charge in [0.1, 0.15) is 5.75 Å². The van der Waals surface area contributed by atoms with E-state index in [0.29, 0.717) is 17.9 Å². The van der Waals surface area contributed by atoms with Crippen molar-refractivity contribution in [3.05, 3.63) is 29.8 Å². The summed E-state index contributed by atoms with van der Waals surface area (Å²) < 4.78 is 10.3. The Kier molecular flexibility index (Phi) is 5.34. The second-order valence-electron chi connectivity index (χ2n) is 4.79. The third kappa shape index (κ3) is 5.40. The first kappa shape index (κ1) is 15.0. The van der Waals surface area contributed by atoms with Gasteiger partial charge in [0.05, 0.1) is 23.8 Å². The molecule has 19 heavy (non-hydrogen) atoms. The molecule has 0 aliphatic carbocycles. The molecule has 0 radical (unpaired) electrons. The van der Waals surface area contributed by atoms with E-state index in [1.165, 1.54) is 0 Å². The van der Waals surface area contributed by atoms with E-state index < -0.39 is 5.54 Å². The molecule has 0 aliphatic rings. The number of ether oxygens (including phenoxy) is 2. The molecular formula is C14H18N2O3. The number of nitrogens with one attached hydrogen (secondary N) is 1. The first-order valence-corrected chi connectivity index (χ1v) is 5.90. The lowest BCUT2D eigenvalue weighted by Crippen LogP contribution is -2.48. The van der Waals surface area contributed by atoms with Crippen LogP contribution in [0.25, 0.3) is 0 Å². The predicted octanol–water partition coefficient (Wildman–Crippen LogP) is 1.48. The number of benzene rings is 1. The van der Waals surface area contributed by atoms with Crippen molar-refractivity contribution < 1.29 is 14.3 Å². The van der Waals surface area contributed by atoms with Crippen molar-refractivity contribution in [1.29, 1.82) is 5.26 Å². The fourth-order valence-electron chi connectivity index (χ4n) is 1.59. The van der Waals surface area contributed by atoms with E-state index >= 15 is 0 Å². The maximum Gasteiger partial charge on any atom is 0.258 e. The highest BCUT2D eigenvalue weighted by atomic mass is 16.5. The van der Waals surface area contributed by atoms with E-state index in [2.05, 4.69) is 5.32 Å². The normalized spacial score (nSPS) is 10.6. The van der Waals surface area contributed by atoms with Crippen molar-refractivity contribution in [1.82, 2.24) is 5.32 Å². The number of methoxy groups -OCH3 is 1. The Morgan fingerprint density at radius 3 is 2.53 bits per heavy atom. The molecule has 0 bridgehead atoms. The number of nitriles is 1. The summed E-state index contributed by atoms with van der Waals surface area (Å²) in [6.45, 7) is 4.10. The van der Waals surface area contributed by atoms with Crippen LogP contribution < -0.4 is 10.1 Å². The van der Waals surface area contributed by atoms with Gasteiger partial charge in [-0.1, -0.05) is 0 Å². The summed E-state index contributed by atoms with van der Waals surface area (Å²) in [5.41, 5.74) is 0.123. The van der Waals surface area contributed by atoms with Crippen LogP contribution in [-0.4, -0.2) is 31.8 Å². The van der Waals surface area contributed by atoms with Crippen LogP contribution in [0.4, 0.5) is 0 Å². The number of carbonyl (C=O) groups is 1. The zero-order valence-electron chi connectivity index (χ0n) is 11.4. The van der Waals surface area contributed by atoms with Crippen LogP contribution in [0.1, 0.15) is 19.4 Å². The van der Waals surface area contributed by atoms with Gasteiger partial charge in [-0.2, -0.15) is 5.26 Å². The molecule has 0 unspecified atom stereocenters. The molecule has 1 amide bonds. The number of carbonyl (C=O) groups excluding carboxylic acids is 1. The third-order valence-electron chi connectivity index (χ3n) is 2.34. The molecule has 0 aliphatic heterocycles. The smallest absolute Gasteiger partial charge is 0.258 e. The molecule has 0 fully saturated rings. The van der Waals surface area contributed by atoms with Crippen molar-refractivity contribution in [2.75, 3.05) is 20.3 Å². The Morgan fingerprint density at radius 2 is 2.00 bits per heavy atom. The fraction of sp³-hybridized carbons (Fsp3) is 0.429. The van der Waals surface area contributed by atoms with E-state index in [4.69, 9.17) is 14.7 Å². The first-order valence-electron chi connectivity index (χ1n) is 5.90. The highest BCUT2D eigenvalue weighted by Crippen LogP contribution is 2.11. The maximum absolute atomic E-state index is 11.7. The molecule has 1 aromatic rings. The second-order valence-corrected chi connectivity index (χ2v) is 4.79. The largest absolute Gasteiger partial charge is 0.484 e. The molecule has 0 saturated carbocycles. The molecule has 5 heteroatoms. The number of rotatable bonds is 6. The molecule has 1 aromatic carbocycles. The minimum absolute atomic E-state index is 0.0704. The molecular weight excluding hydrogens is 244 g/mol. The molecule has 0 aromatic heterocycles. The molecule has 102 valence electrons. The predicted molar refractivity (Wildman–Crippen MR) is 70.7 cm³/mol. The van der Waals surface area contributed by atoms with E-state index in [9.17, 15) is 4.79 Å². The van der Waals surface area contributed by atoms with Crippen LogP contribution in [0.2, 0.25) is 0 Å². The topological polar surface area (TPSA) is 71.3 Å². The van der Waals surface area contributed by atoms with Gasteiger partial charge in [0.2, 0.25) is 0 Å². The minimum atomic E-state index is -0.431. The Morgan fingerprint density at radius 1 is 1.37 bits per heavy atom. The number of hydrogen-bond acceptors (Lipinski definition) is 4. The molecule has 1 rings (SSSR count). The van der Waals surface area contributed by atoms with Crippen LogP contribution in [0.3, 0.4) is 0 Å². The van der Waals surface area contributed by atoms with Crippen molar-refractivity contribution in [3.8, 4) is 11.8 Å². The molecule has 0 saturated heterocycles. The van der Waals surface area contributed by atoms with Crippen molar-refractivity contribution in [2.45, 2.75) is 19.4 Å². The van der Waals surface area contributed by atoms with Crippen molar-refractivity contribution >= 4 is 5.91 Å². The fourth-order valence-corrected chi connectivity index (χ4v) is 1.59. The van der Waals surface area contributed by atoms with Crippen LogP contribution in [0, 0.1) is 11.3 Å². The van der Waals surface area contributed by atoms with Gasteiger partial charge in [0.25, 0.3) is 5.91 Å². The van der Waals surface area contributed by atoms with Gasteiger partial charge in [-0.3, -0.25) is 4.79 Å². The lowest BCUT2D eigenvalue weighted by Gasteiger charge is -2.25. The minimum Gasteiger partial charge on any atom is -0.484 e. The van der Waals surface area contributed by atoms with Crippen LogP contribution in [-0.2, 0) is 9.53 Å². The van der Waals surface area contributed by atoms with Gasteiger partial charge in [-0.05, 0) is 38.1 Å². The van der Waals surface area contributed by atoms with E-state index in [1.807, 2.05) is 19.9 Å². The Labute approximate surface area is 113 Å². The van der Waals surface area contributed by atoms with Gasteiger partial charge < -0.3 is 14.8 Å². The summed E-state index contributed by atoms with van der Waals surface area (Å²) in [6, 6.07) is 8.62. The monoisotopic (exact) mass is 262 g/mol. The molecule has 5 nitrogen and oxygen atoms in total. The second kappa shape index (κ2) is 6.76. The summed E-state index contributed by atoms with van der Waals surface area (Å²) in [7, 11) is 1.58. The summed E-state index contributed by atoms with van der Waals surface area (Å²) in [6.07, 6.45) is 0. The summed E-state index contributed by atoms with van der Waals surface area (Å²) in [4.78, 5) is 11.7. The zero-order chi connectivity index (χ0) is 14.3. The highest BCUT2D eigenvalue weighted by molar-refractivity contribution is 5.78. The SMILES string of the molecule is COCC(C)(C)NC(=O)COc1ccc(C#N)cc1. The van der Waals surface area contributed by atoms with E-state index in [1.54, 1.807) is 31.4 Å². The van der Waals surface area contributed by atoms with Crippen LogP contribution >= 0.6 is 0 Å². The van der Waals surface area contributed by atoms with Gasteiger partial charge in [0, 0.05) is 7.11 Å². The molecule has 0 heterocycles. The van der Waals surface area contributed by atoms with Gasteiger partial charge >= 0.3 is 0 Å². The molecule has 0 atom stereocenters. The molecule has 0 spiro atoms. The molecule has 1 N–H and O–H groups in total. The van der Waals surface area contributed by atoms with Gasteiger partial charge in [-0.15, -0.1) is 0 Å². The summed E-state index contributed by atoms with van der Waals surface area (Å²) >= 11 is 0. The quantitative estimate of drug-likeness (QED) is 0.843. The van der Waals surface area contributed by atoms with Crippen molar-refractivity contribution in [2.24, 2.45) is 0 Å². The lowest BCUT2D eigenvalue weighted by molar-refractivity contribution is -0.125. The number of nitrogens with zero attached hydrogens (tertiary/aromatic N) is 1. The summed E-state index contributed by atoms with van der Waals surface area (Å²) in [5.74, 6) is 0.338. The average molecular weight is 262 g/mol. The van der Waals surface area contributed by atoms with Crippen molar-refractivity contribution in [3.63, 3.8) is 0 Å². The Bertz CT molecular complexity index is 461. The maximum atomic E-state index is 11.7. The zero-order valence-corrected chi connectivity index (χ0v) is 11.4.